The van der Waals surface area contributed by atoms with Crippen molar-refractivity contribution in [3.63, 3.8) is 0 Å². The highest BCUT2D eigenvalue weighted by Gasteiger charge is 2.23. The Balaban J connectivity index is 2.93. The molecule has 0 spiro atoms. The summed E-state index contributed by atoms with van der Waals surface area (Å²) in [5.41, 5.74) is 0.221. The lowest BCUT2D eigenvalue weighted by atomic mass is 9.84. The molecule has 0 bridgehead atoms. The van der Waals surface area contributed by atoms with Gasteiger partial charge in [-0.3, -0.25) is 0 Å². The van der Waals surface area contributed by atoms with Crippen molar-refractivity contribution in [2.75, 3.05) is 13.1 Å². The lowest BCUT2D eigenvalue weighted by molar-refractivity contribution is 0.447. The summed E-state index contributed by atoms with van der Waals surface area (Å²) in [4.78, 5) is 0. The standard InChI is InChI=1S/C12H17F2N/c1-4-15-8-12(2,3)10-6-5-9(13)7-11(10)14/h5-7,15H,4,8H2,1-3H3. The molecule has 0 aromatic heterocycles. The molecule has 0 saturated carbocycles. The largest absolute Gasteiger partial charge is 0.316 e. The average Bonchev–Trinajstić information content (AvgIpc) is 2.14. The first kappa shape index (κ1) is 12.1. The van der Waals surface area contributed by atoms with E-state index in [9.17, 15) is 8.78 Å². The van der Waals surface area contributed by atoms with Gasteiger partial charge in [0.25, 0.3) is 0 Å². The van der Waals surface area contributed by atoms with E-state index in [4.69, 9.17) is 0 Å². The van der Waals surface area contributed by atoms with Crippen LogP contribution in [0.2, 0.25) is 0 Å². The van der Waals surface area contributed by atoms with Gasteiger partial charge in [-0.05, 0) is 18.2 Å². The van der Waals surface area contributed by atoms with Gasteiger partial charge in [-0.15, -0.1) is 0 Å². The van der Waals surface area contributed by atoms with Crippen molar-refractivity contribution >= 4 is 0 Å². The van der Waals surface area contributed by atoms with E-state index in [1.807, 2.05) is 20.8 Å². The lowest BCUT2D eigenvalue weighted by Gasteiger charge is -2.26. The number of nitrogens with one attached hydrogen (secondary N) is 1. The molecular weight excluding hydrogens is 196 g/mol. The zero-order valence-electron chi connectivity index (χ0n) is 9.40. The van der Waals surface area contributed by atoms with E-state index < -0.39 is 11.6 Å². The molecule has 1 aromatic carbocycles. The number of hydrogen-bond donors (Lipinski definition) is 1. The summed E-state index contributed by atoms with van der Waals surface area (Å²) < 4.78 is 26.2. The Bertz CT molecular complexity index is 334. The van der Waals surface area contributed by atoms with E-state index in [1.54, 1.807) is 0 Å². The van der Waals surface area contributed by atoms with E-state index in [-0.39, 0.29) is 5.41 Å². The van der Waals surface area contributed by atoms with Crippen LogP contribution in [0.4, 0.5) is 8.78 Å². The fourth-order valence-corrected chi connectivity index (χ4v) is 1.57. The van der Waals surface area contributed by atoms with Crippen molar-refractivity contribution in [1.82, 2.24) is 5.32 Å². The number of benzene rings is 1. The summed E-state index contributed by atoms with van der Waals surface area (Å²) in [6.07, 6.45) is 0. The van der Waals surface area contributed by atoms with Crippen molar-refractivity contribution in [1.29, 1.82) is 0 Å². The minimum Gasteiger partial charge on any atom is -0.316 e. The second-order valence-electron chi connectivity index (χ2n) is 4.29. The van der Waals surface area contributed by atoms with E-state index >= 15 is 0 Å². The van der Waals surface area contributed by atoms with Crippen LogP contribution in [0.1, 0.15) is 26.3 Å². The molecule has 0 fully saturated rings. The van der Waals surface area contributed by atoms with Gasteiger partial charge in [0.2, 0.25) is 0 Å². The first-order valence-corrected chi connectivity index (χ1v) is 5.13. The van der Waals surface area contributed by atoms with Crippen LogP contribution in [-0.4, -0.2) is 13.1 Å². The van der Waals surface area contributed by atoms with Gasteiger partial charge in [-0.2, -0.15) is 0 Å². The van der Waals surface area contributed by atoms with Crippen molar-refractivity contribution in [3.05, 3.63) is 35.4 Å². The van der Waals surface area contributed by atoms with Gasteiger partial charge in [0.15, 0.2) is 0 Å². The van der Waals surface area contributed by atoms with Crippen LogP contribution in [0.15, 0.2) is 18.2 Å². The topological polar surface area (TPSA) is 12.0 Å². The maximum Gasteiger partial charge on any atom is 0.129 e. The Kier molecular flexibility index (Phi) is 3.80. The predicted octanol–water partition coefficient (Wildman–Crippen LogP) is 2.85. The van der Waals surface area contributed by atoms with Gasteiger partial charge in [0.05, 0.1) is 0 Å². The number of likely N-dealkylation sites (N-methyl/N-ethyl adjacent to an activating group) is 1. The Morgan fingerprint density at radius 2 is 1.93 bits per heavy atom. The normalized spacial score (nSPS) is 11.8. The first-order valence-electron chi connectivity index (χ1n) is 5.13. The Morgan fingerprint density at radius 3 is 2.47 bits per heavy atom. The van der Waals surface area contributed by atoms with E-state index in [0.717, 1.165) is 12.6 Å². The quantitative estimate of drug-likeness (QED) is 0.811. The third-order valence-corrected chi connectivity index (χ3v) is 2.48. The summed E-state index contributed by atoms with van der Waals surface area (Å²) in [6.45, 7) is 7.38. The van der Waals surface area contributed by atoms with E-state index in [1.165, 1.54) is 12.1 Å². The van der Waals surface area contributed by atoms with Gasteiger partial charge < -0.3 is 5.32 Å². The zero-order valence-corrected chi connectivity index (χ0v) is 9.40. The molecule has 0 amide bonds. The highest BCUT2D eigenvalue weighted by atomic mass is 19.1. The Morgan fingerprint density at radius 1 is 1.27 bits per heavy atom. The van der Waals surface area contributed by atoms with Gasteiger partial charge in [0.1, 0.15) is 11.6 Å². The highest BCUT2D eigenvalue weighted by molar-refractivity contribution is 5.26. The third kappa shape index (κ3) is 2.99. The maximum absolute atomic E-state index is 13.5. The van der Waals surface area contributed by atoms with Gasteiger partial charge in [0, 0.05) is 18.0 Å². The fraction of sp³-hybridized carbons (Fsp3) is 0.500. The number of rotatable bonds is 4. The van der Waals surface area contributed by atoms with Gasteiger partial charge >= 0.3 is 0 Å². The third-order valence-electron chi connectivity index (χ3n) is 2.48. The summed E-state index contributed by atoms with van der Waals surface area (Å²) in [7, 11) is 0. The lowest BCUT2D eigenvalue weighted by Crippen LogP contribution is -2.33. The van der Waals surface area contributed by atoms with Gasteiger partial charge in [-0.25, -0.2) is 8.78 Å². The monoisotopic (exact) mass is 213 g/mol. The molecule has 1 aromatic rings. The maximum atomic E-state index is 13.5. The van der Waals surface area contributed by atoms with Crippen LogP contribution in [0, 0.1) is 11.6 Å². The molecule has 0 aliphatic heterocycles. The molecule has 15 heavy (non-hydrogen) atoms. The molecule has 1 rings (SSSR count). The molecule has 1 nitrogen and oxygen atoms in total. The fourth-order valence-electron chi connectivity index (χ4n) is 1.57. The van der Waals surface area contributed by atoms with Gasteiger partial charge in [-0.1, -0.05) is 26.8 Å². The molecular formula is C12H17F2N. The van der Waals surface area contributed by atoms with Crippen molar-refractivity contribution in [3.8, 4) is 0 Å². The minimum atomic E-state index is -0.532. The second-order valence-corrected chi connectivity index (χ2v) is 4.29. The Hall–Kier alpha value is -0.960. The molecule has 0 aliphatic rings. The van der Waals surface area contributed by atoms with E-state index in [0.29, 0.717) is 12.1 Å². The van der Waals surface area contributed by atoms with Crippen molar-refractivity contribution in [2.24, 2.45) is 0 Å². The molecule has 84 valence electrons. The molecule has 0 radical (unpaired) electrons. The molecule has 0 saturated heterocycles. The predicted molar refractivity (Wildman–Crippen MR) is 57.9 cm³/mol. The van der Waals surface area contributed by atoms with Crippen LogP contribution in [0.3, 0.4) is 0 Å². The summed E-state index contributed by atoms with van der Waals surface area (Å²) >= 11 is 0. The van der Waals surface area contributed by atoms with Crippen LogP contribution in [0.25, 0.3) is 0 Å². The summed E-state index contributed by atoms with van der Waals surface area (Å²) in [5.74, 6) is -1.01. The van der Waals surface area contributed by atoms with E-state index in [2.05, 4.69) is 5.32 Å². The van der Waals surface area contributed by atoms with Crippen LogP contribution in [-0.2, 0) is 5.41 Å². The SMILES string of the molecule is CCNCC(C)(C)c1ccc(F)cc1F. The van der Waals surface area contributed by atoms with Crippen LogP contribution in [0.5, 0.6) is 0 Å². The zero-order chi connectivity index (χ0) is 11.5. The van der Waals surface area contributed by atoms with Crippen molar-refractivity contribution < 1.29 is 8.78 Å². The highest BCUT2D eigenvalue weighted by Crippen LogP contribution is 2.25. The Labute approximate surface area is 89.5 Å². The number of halogens is 2. The summed E-state index contributed by atoms with van der Waals surface area (Å²) in [5, 5.41) is 3.17. The summed E-state index contributed by atoms with van der Waals surface area (Å²) in [6, 6.07) is 3.75. The smallest absolute Gasteiger partial charge is 0.129 e. The van der Waals surface area contributed by atoms with Crippen molar-refractivity contribution in [2.45, 2.75) is 26.2 Å². The molecule has 0 aliphatic carbocycles. The molecule has 0 atom stereocenters. The average molecular weight is 213 g/mol. The molecule has 3 heteroatoms. The number of hydrogen-bond acceptors (Lipinski definition) is 1. The molecule has 1 N–H and O–H groups in total. The molecule has 0 heterocycles. The van der Waals surface area contributed by atoms with Crippen LogP contribution >= 0.6 is 0 Å². The second kappa shape index (κ2) is 4.71. The first-order chi connectivity index (χ1) is 6.97. The van der Waals surface area contributed by atoms with Crippen LogP contribution < -0.4 is 5.32 Å². The minimum absolute atomic E-state index is 0.326. The molecule has 0 unspecified atom stereocenters.